The summed E-state index contributed by atoms with van der Waals surface area (Å²) in [5.41, 5.74) is 4.23. The number of carbonyl (C=O) groups excluding carboxylic acids is 2. The highest BCUT2D eigenvalue weighted by Crippen LogP contribution is 2.53. The fraction of sp³-hybridized carbons (Fsp3) is 0.458. The van der Waals surface area contributed by atoms with Crippen LogP contribution in [0, 0.1) is 44.4 Å². The van der Waals surface area contributed by atoms with Gasteiger partial charge in [-0.2, -0.15) is 0 Å². The SMILES string of the molecule is COC(=O)c1c(NC(=O)[C@H]2[C@H]3CC[C@@H](C3)[C@@H]2C(=O)O)sc(C)c1-c1ccc(C)c(C)c1. The Morgan fingerprint density at radius 3 is 2.35 bits per heavy atom. The summed E-state index contributed by atoms with van der Waals surface area (Å²) in [5.74, 6) is -2.79. The van der Waals surface area contributed by atoms with Crippen LogP contribution >= 0.6 is 11.3 Å². The number of carboxylic acid groups (broad SMARTS) is 1. The van der Waals surface area contributed by atoms with E-state index in [1.54, 1.807) is 0 Å². The molecule has 2 aromatic rings. The average Bonchev–Trinajstić information content (AvgIpc) is 3.42. The monoisotopic (exact) mass is 441 g/mol. The van der Waals surface area contributed by atoms with Crippen LogP contribution in [-0.4, -0.2) is 30.1 Å². The lowest BCUT2D eigenvalue weighted by atomic mass is 9.78. The van der Waals surface area contributed by atoms with E-state index < -0.39 is 23.8 Å². The molecule has 0 aliphatic heterocycles. The number of thiophene rings is 1. The van der Waals surface area contributed by atoms with E-state index in [4.69, 9.17) is 4.74 Å². The van der Waals surface area contributed by atoms with E-state index >= 15 is 0 Å². The van der Waals surface area contributed by atoms with Gasteiger partial charge in [-0.25, -0.2) is 4.79 Å². The van der Waals surface area contributed by atoms with Crippen LogP contribution in [0.1, 0.15) is 45.6 Å². The quantitative estimate of drug-likeness (QED) is 0.650. The molecule has 164 valence electrons. The van der Waals surface area contributed by atoms with Crippen LogP contribution < -0.4 is 5.32 Å². The van der Waals surface area contributed by atoms with Gasteiger partial charge < -0.3 is 15.2 Å². The van der Waals surface area contributed by atoms with Crippen molar-refractivity contribution >= 4 is 34.2 Å². The van der Waals surface area contributed by atoms with Gasteiger partial charge in [-0.1, -0.05) is 18.2 Å². The van der Waals surface area contributed by atoms with Gasteiger partial charge in [-0.3, -0.25) is 9.59 Å². The molecule has 1 aromatic carbocycles. The number of rotatable bonds is 5. The predicted molar refractivity (Wildman–Crippen MR) is 119 cm³/mol. The molecule has 0 radical (unpaired) electrons. The van der Waals surface area contributed by atoms with Crippen LogP contribution in [0.4, 0.5) is 5.00 Å². The number of esters is 1. The van der Waals surface area contributed by atoms with Gasteiger partial charge in [0.1, 0.15) is 10.6 Å². The number of hydrogen-bond acceptors (Lipinski definition) is 5. The van der Waals surface area contributed by atoms with Gasteiger partial charge in [0, 0.05) is 10.4 Å². The standard InChI is InChI=1S/C24H27NO5S/c1-11-5-6-14(9-12(11)2)17-13(3)31-22(20(17)24(29)30-4)25-21(26)18-15-7-8-16(10-15)19(18)23(27)28/h5-6,9,15-16,18-19H,7-8,10H2,1-4H3,(H,25,26)(H,27,28)/t15-,16-,18-,19-/m0/s1. The zero-order chi connectivity index (χ0) is 22.4. The Hall–Kier alpha value is -2.67. The van der Waals surface area contributed by atoms with Crippen LogP contribution in [0.3, 0.4) is 0 Å². The third-order valence-electron chi connectivity index (χ3n) is 7.01. The molecule has 2 aliphatic carbocycles. The molecule has 2 N–H and O–H groups in total. The molecule has 31 heavy (non-hydrogen) atoms. The van der Waals surface area contributed by atoms with Crippen molar-refractivity contribution in [3.05, 3.63) is 39.8 Å². The number of hydrogen-bond donors (Lipinski definition) is 2. The number of fused-ring (bicyclic) bond motifs is 2. The summed E-state index contributed by atoms with van der Waals surface area (Å²) >= 11 is 1.33. The van der Waals surface area contributed by atoms with Gasteiger partial charge in [-0.05, 0) is 68.6 Å². The predicted octanol–water partition coefficient (Wildman–Crippen LogP) is 4.81. The summed E-state index contributed by atoms with van der Waals surface area (Å²) < 4.78 is 5.04. The molecule has 4 atom stereocenters. The molecule has 0 spiro atoms. The molecule has 2 saturated carbocycles. The molecule has 2 aliphatic rings. The van der Waals surface area contributed by atoms with Gasteiger partial charge in [0.2, 0.25) is 5.91 Å². The number of benzene rings is 1. The van der Waals surface area contributed by atoms with Gasteiger partial charge in [0.05, 0.1) is 18.9 Å². The van der Waals surface area contributed by atoms with Crippen molar-refractivity contribution in [3.63, 3.8) is 0 Å². The van der Waals surface area contributed by atoms with Crippen LogP contribution in [-0.2, 0) is 14.3 Å². The highest BCUT2D eigenvalue weighted by Gasteiger charge is 2.54. The van der Waals surface area contributed by atoms with E-state index in [2.05, 4.69) is 5.32 Å². The first-order valence-electron chi connectivity index (χ1n) is 10.6. The number of ether oxygens (including phenoxy) is 1. The number of carboxylic acids is 1. The minimum atomic E-state index is -0.904. The second kappa shape index (κ2) is 8.11. The Balaban J connectivity index is 1.72. The van der Waals surface area contributed by atoms with Gasteiger partial charge in [-0.15, -0.1) is 11.3 Å². The second-order valence-electron chi connectivity index (χ2n) is 8.74. The highest BCUT2D eigenvalue weighted by atomic mass is 32.1. The number of methoxy groups -OCH3 is 1. The summed E-state index contributed by atoms with van der Waals surface area (Å²) in [7, 11) is 1.32. The lowest BCUT2D eigenvalue weighted by molar-refractivity contribution is -0.148. The van der Waals surface area contributed by atoms with Crippen molar-refractivity contribution in [3.8, 4) is 11.1 Å². The number of anilines is 1. The van der Waals surface area contributed by atoms with Crippen molar-refractivity contribution in [1.29, 1.82) is 0 Å². The van der Waals surface area contributed by atoms with Crippen molar-refractivity contribution in [2.24, 2.45) is 23.7 Å². The first kappa shape index (κ1) is 21.6. The summed E-state index contributed by atoms with van der Waals surface area (Å²) in [5, 5.41) is 13.0. The maximum absolute atomic E-state index is 13.2. The molecule has 1 heterocycles. The van der Waals surface area contributed by atoms with E-state index in [1.807, 2.05) is 39.0 Å². The van der Waals surface area contributed by atoms with Crippen LogP contribution in [0.5, 0.6) is 0 Å². The average molecular weight is 442 g/mol. The number of carbonyl (C=O) groups is 3. The van der Waals surface area contributed by atoms with E-state index in [9.17, 15) is 19.5 Å². The van der Waals surface area contributed by atoms with E-state index in [0.717, 1.165) is 46.4 Å². The summed E-state index contributed by atoms with van der Waals surface area (Å²) in [6, 6.07) is 6.00. The second-order valence-corrected chi connectivity index (χ2v) is 9.97. The van der Waals surface area contributed by atoms with Crippen LogP contribution in [0.25, 0.3) is 11.1 Å². The van der Waals surface area contributed by atoms with Crippen molar-refractivity contribution in [2.75, 3.05) is 12.4 Å². The molecule has 0 saturated heterocycles. The third-order valence-corrected chi connectivity index (χ3v) is 8.03. The van der Waals surface area contributed by atoms with Crippen molar-refractivity contribution in [2.45, 2.75) is 40.0 Å². The summed E-state index contributed by atoms with van der Waals surface area (Å²) in [4.78, 5) is 38.7. The minimum Gasteiger partial charge on any atom is -0.481 e. The highest BCUT2D eigenvalue weighted by molar-refractivity contribution is 7.17. The Labute approximate surface area is 185 Å². The van der Waals surface area contributed by atoms with E-state index in [1.165, 1.54) is 18.4 Å². The molecule has 2 fully saturated rings. The zero-order valence-corrected chi connectivity index (χ0v) is 19.0. The molecule has 2 bridgehead atoms. The number of amides is 1. The van der Waals surface area contributed by atoms with E-state index in [-0.39, 0.29) is 17.7 Å². The molecule has 1 amide bonds. The first-order valence-corrected chi connectivity index (χ1v) is 11.4. The van der Waals surface area contributed by atoms with Gasteiger partial charge >= 0.3 is 11.9 Å². The molecule has 0 unspecified atom stereocenters. The molecule has 4 rings (SSSR count). The topological polar surface area (TPSA) is 92.7 Å². The smallest absolute Gasteiger partial charge is 0.341 e. The summed E-state index contributed by atoms with van der Waals surface area (Å²) in [6.07, 6.45) is 2.54. The Kier molecular flexibility index (Phi) is 5.64. The number of aryl methyl sites for hydroxylation is 3. The molecular formula is C24H27NO5S. The molecule has 7 heteroatoms. The van der Waals surface area contributed by atoms with Gasteiger partial charge in [0.25, 0.3) is 0 Å². The first-order chi connectivity index (χ1) is 14.7. The maximum Gasteiger partial charge on any atom is 0.341 e. The molecule has 1 aromatic heterocycles. The summed E-state index contributed by atoms with van der Waals surface area (Å²) in [6.45, 7) is 5.96. The Bertz CT molecular complexity index is 1070. The molecular weight excluding hydrogens is 414 g/mol. The van der Waals surface area contributed by atoms with Crippen molar-refractivity contribution < 1.29 is 24.2 Å². The van der Waals surface area contributed by atoms with Gasteiger partial charge in [0.15, 0.2) is 0 Å². The lowest BCUT2D eigenvalue weighted by Gasteiger charge is -2.26. The zero-order valence-electron chi connectivity index (χ0n) is 18.2. The molecule has 6 nitrogen and oxygen atoms in total. The number of aliphatic carboxylic acids is 1. The lowest BCUT2D eigenvalue weighted by Crippen LogP contribution is -2.37. The van der Waals surface area contributed by atoms with Crippen LogP contribution in [0.2, 0.25) is 0 Å². The van der Waals surface area contributed by atoms with E-state index in [0.29, 0.717) is 10.6 Å². The largest absolute Gasteiger partial charge is 0.481 e. The Morgan fingerprint density at radius 1 is 1.06 bits per heavy atom. The third kappa shape index (κ3) is 3.65. The maximum atomic E-state index is 13.2. The Morgan fingerprint density at radius 2 is 1.74 bits per heavy atom. The van der Waals surface area contributed by atoms with Crippen LogP contribution in [0.15, 0.2) is 18.2 Å². The fourth-order valence-electron chi connectivity index (χ4n) is 5.39. The minimum absolute atomic E-state index is 0.0643. The fourth-order valence-corrected chi connectivity index (χ4v) is 6.46. The normalized spacial score (nSPS) is 24.3. The van der Waals surface area contributed by atoms with Crippen molar-refractivity contribution in [1.82, 2.24) is 0 Å². The number of nitrogens with one attached hydrogen (secondary N) is 1.